The second-order valence-electron chi connectivity index (χ2n) is 7.77. The first-order valence-corrected chi connectivity index (χ1v) is 13.0. The lowest BCUT2D eigenvalue weighted by Gasteiger charge is -2.51. The second-order valence-corrected chi connectivity index (χ2v) is 9.70. The Morgan fingerprint density at radius 1 is 1.11 bits per heavy atom. The van der Waals surface area contributed by atoms with Crippen LogP contribution in [0.2, 0.25) is 0 Å². The van der Waals surface area contributed by atoms with Gasteiger partial charge in [-0.2, -0.15) is 5.26 Å². The van der Waals surface area contributed by atoms with Crippen LogP contribution in [-0.4, -0.2) is 58.8 Å². The zero-order valence-corrected chi connectivity index (χ0v) is 20.6. The fraction of sp³-hybridized carbons (Fsp3) is 0.280. The molecule has 10 heteroatoms. The van der Waals surface area contributed by atoms with Crippen molar-refractivity contribution in [2.45, 2.75) is 28.8 Å². The molecule has 0 radical (unpaired) electrons. The fourth-order valence-electron chi connectivity index (χ4n) is 3.98. The molecule has 180 valence electrons. The molecule has 0 bridgehead atoms. The van der Waals surface area contributed by atoms with E-state index in [1.54, 1.807) is 11.7 Å². The topological polar surface area (TPSA) is 109 Å². The summed E-state index contributed by atoms with van der Waals surface area (Å²) in [5.41, 5.74) is 1.58. The van der Waals surface area contributed by atoms with E-state index in [2.05, 4.69) is 5.32 Å². The summed E-state index contributed by atoms with van der Waals surface area (Å²) in [6, 6.07) is 18.7. The number of fused-ring (bicyclic) bond motifs is 1. The molecule has 4 rings (SSSR count). The van der Waals surface area contributed by atoms with Gasteiger partial charge in [0, 0.05) is 5.41 Å². The van der Waals surface area contributed by atoms with Gasteiger partial charge in [0.05, 0.1) is 13.2 Å². The number of benzene rings is 2. The number of hydrogen-bond acceptors (Lipinski definition) is 8. The second kappa shape index (κ2) is 10.9. The number of carbonyl (C=O) groups is 3. The van der Waals surface area contributed by atoms with Gasteiger partial charge >= 0.3 is 5.97 Å². The number of nitrogens with zero attached hydrogens (tertiary/aromatic N) is 2. The lowest BCUT2D eigenvalue weighted by atomic mass is 10.00. The maximum Gasteiger partial charge on any atom is 0.337 e. The summed E-state index contributed by atoms with van der Waals surface area (Å²) >= 11 is 2.35. The zero-order chi connectivity index (χ0) is 24.9. The highest BCUT2D eigenvalue weighted by Crippen LogP contribution is 2.41. The first kappa shape index (κ1) is 24.7. The van der Waals surface area contributed by atoms with Crippen LogP contribution in [0, 0.1) is 11.3 Å². The molecule has 1 saturated heterocycles. The quantitative estimate of drug-likeness (QED) is 0.428. The molecule has 2 heterocycles. The van der Waals surface area contributed by atoms with Crippen LogP contribution < -0.4 is 5.32 Å². The molecule has 0 spiro atoms. The third-order valence-electron chi connectivity index (χ3n) is 5.74. The van der Waals surface area contributed by atoms with Crippen LogP contribution in [0.1, 0.15) is 17.2 Å². The average Bonchev–Trinajstić information content (AvgIpc) is 2.90. The number of ether oxygens (including phenoxy) is 2. The first-order chi connectivity index (χ1) is 17.0. The molecule has 2 aliphatic rings. The Bertz CT molecular complexity index is 1130. The Hall–Kier alpha value is -3.42. The third-order valence-corrected chi connectivity index (χ3v) is 7.68. The molecule has 2 aromatic carbocycles. The Morgan fingerprint density at radius 2 is 1.71 bits per heavy atom. The van der Waals surface area contributed by atoms with Gasteiger partial charge in [-0.15, -0.1) is 23.5 Å². The van der Waals surface area contributed by atoms with E-state index in [9.17, 15) is 14.4 Å². The highest BCUT2D eigenvalue weighted by atomic mass is 32.2. The van der Waals surface area contributed by atoms with Crippen LogP contribution in [0.4, 0.5) is 0 Å². The van der Waals surface area contributed by atoms with Crippen molar-refractivity contribution in [2.75, 3.05) is 13.4 Å². The number of carbonyl (C=O) groups excluding carboxylic acids is 3. The van der Waals surface area contributed by atoms with Crippen LogP contribution in [0.15, 0.2) is 71.8 Å². The van der Waals surface area contributed by atoms with Crippen LogP contribution in [-0.2, 0) is 23.9 Å². The van der Waals surface area contributed by atoms with Gasteiger partial charge in [0.15, 0.2) is 17.4 Å². The molecule has 4 atom stereocenters. The van der Waals surface area contributed by atoms with Crippen molar-refractivity contribution in [3.05, 3.63) is 83.0 Å². The molecule has 3 unspecified atom stereocenters. The van der Waals surface area contributed by atoms with Crippen LogP contribution >= 0.6 is 23.5 Å². The predicted octanol–water partition coefficient (Wildman–Crippen LogP) is 2.83. The molecule has 0 aliphatic carbocycles. The Balaban J connectivity index is 1.57. The van der Waals surface area contributed by atoms with E-state index in [0.29, 0.717) is 0 Å². The molecular formula is C25H23N3O5S2. The number of esters is 1. The van der Waals surface area contributed by atoms with E-state index in [1.807, 2.05) is 66.7 Å². The minimum atomic E-state index is -1.09. The van der Waals surface area contributed by atoms with Gasteiger partial charge < -0.3 is 19.7 Å². The van der Waals surface area contributed by atoms with Crippen molar-refractivity contribution in [3.63, 3.8) is 0 Å². The highest BCUT2D eigenvalue weighted by Gasteiger charge is 2.57. The van der Waals surface area contributed by atoms with Gasteiger partial charge in [-0.1, -0.05) is 60.7 Å². The molecule has 2 amide bonds. The SMILES string of the molecule is COC1=CS[C@H]2C(NC(=O)C(C#N)SC)C(=O)N2C1C(=O)OC(c1ccccc1)c1ccccc1. The van der Waals surface area contributed by atoms with E-state index in [4.69, 9.17) is 14.7 Å². The number of methoxy groups -OCH3 is 1. The first-order valence-electron chi connectivity index (χ1n) is 10.7. The molecule has 2 aromatic rings. The minimum absolute atomic E-state index is 0.285. The fourth-order valence-corrected chi connectivity index (χ4v) is 5.56. The lowest BCUT2D eigenvalue weighted by molar-refractivity contribution is -0.167. The monoisotopic (exact) mass is 509 g/mol. The van der Waals surface area contributed by atoms with Crippen LogP contribution in [0.5, 0.6) is 0 Å². The van der Waals surface area contributed by atoms with Gasteiger partial charge in [0.1, 0.15) is 17.2 Å². The van der Waals surface area contributed by atoms with Gasteiger partial charge in [-0.05, 0) is 17.4 Å². The van der Waals surface area contributed by atoms with Crippen molar-refractivity contribution in [2.24, 2.45) is 0 Å². The summed E-state index contributed by atoms with van der Waals surface area (Å²) in [6.45, 7) is 0. The number of rotatable bonds is 8. The smallest absolute Gasteiger partial charge is 0.337 e. The molecule has 1 N–H and O–H groups in total. The van der Waals surface area contributed by atoms with Gasteiger partial charge in [-0.25, -0.2) is 4.79 Å². The number of hydrogen-bond donors (Lipinski definition) is 1. The maximum atomic E-state index is 13.5. The van der Waals surface area contributed by atoms with E-state index in [-0.39, 0.29) is 5.76 Å². The molecule has 2 aliphatic heterocycles. The standard InChI is InChI=1S/C25H23N3O5S2/c1-32-17-14-35-24-19(27-22(29)18(13-26)34-2)23(30)28(24)20(17)25(31)33-21(15-9-5-3-6-10-15)16-11-7-4-8-12-16/h3-12,14,18-21,24H,1-2H3,(H,27,29)/t18?,19?,20?,24-/m0/s1. The average molecular weight is 510 g/mol. The summed E-state index contributed by atoms with van der Waals surface area (Å²) in [5.74, 6) is -1.33. The minimum Gasteiger partial charge on any atom is -0.498 e. The van der Waals surface area contributed by atoms with Crippen molar-refractivity contribution < 1.29 is 23.9 Å². The molecule has 0 saturated carbocycles. The van der Waals surface area contributed by atoms with Gasteiger partial charge in [0.2, 0.25) is 11.8 Å². The predicted molar refractivity (Wildman–Crippen MR) is 133 cm³/mol. The van der Waals surface area contributed by atoms with Gasteiger partial charge in [-0.3, -0.25) is 9.59 Å². The summed E-state index contributed by atoms with van der Waals surface area (Å²) < 4.78 is 11.4. The largest absolute Gasteiger partial charge is 0.498 e. The molecular weight excluding hydrogens is 486 g/mol. The summed E-state index contributed by atoms with van der Waals surface area (Å²) in [7, 11) is 1.43. The Labute approximate surface area is 211 Å². The molecule has 0 aromatic heterocycles. The Kier molecular flexibility index (Phi) is 7.68. The third kappa shape index (κ3) is 4.88. The highest BCUT2D eigenvalue weighted by molar-refractivity contribution is 8.03. The van der Waals surface area contributed by atoms with Gasteiger partial charge in [0.25, 0.3) is 0 Å². The van der Waals surface area contributed by atoms with Crippen molar-refractivity contribution in [1.29, 1.82) is 5.26 Å². The summed E-state index contributed by atoms with van der Waals surface area (Å²) in [6.07, 6.45) is 0.966. The number of amides is 2. The number of thioether (sulfide) groups is 2. The van der Waals surface area contributed by atoms with E-state index >= 15 is 0 Å². The van der Waals surface area contributed by atoms with Crippen molar-refractivity contribution in [1.82, 2.24) is 10.2 Å². The summed E-state index contributed by atoms with van der Waals surface area (Å²) in [4.78, 5) is 40.3. The van der Waals surface area contributed by atoms with E-state index in [0.717, 1.165) is 22.9 Å². The van der Waals surface area contributed by atoms with Crippen molar-refractivity contribution >= 4 is 41.3 Å². The molecule has 35 heavy (non-hydrogen) atoms. The molecule has 1 fully saturated rings. The van der Waals surface area contributed by atoms with E-state index < -0.39 is 46.6 Å². The zero-order valence-electron chi connectivity index (χ0n) is 19.0. The molecule has 8 nitrogen and oxygen atoms in total. The number of β-lactam (4-membered cyclic amide) rings is 1. The Morgan fingerprint density at radius 3 is 2.23 bits per heavy atom. The summed E-state index contributed by atoms with van der Waals surface area (Å²) in [5, 5.41) is 12.0. The van der Waals surface area contributed by atoms with Crippen LogP contribution in [0.3, 0.4) is 0 Å². The number of nitriles is 1. The lowest BCUT2D eigenvalue weighted by Crippen LogP contribution is -2.74. The van der Waals surface area contributed by atoms with E-state index in [1.165, 1.54) is 23.8 Å². The normalized spacial score (nSPS) is 21.7. The van der Waals surface area contributed by atoms with Crippen LogP contribution in [0.25, 0.3) is 0 Å². The number of nitrogens with one attached hydrogen (secondary N) is 1. The van der Waals surface area contributed by atoms with Crippen molar-refractivity contribution in [3.8, 4) is 6.07 Å². The maximum absolute atomic E-state index is 13.5.